The van der Waals surface area contributed by atoms with E-state index in [0.29, 0.717) is 11.3 Å². The molecule has 4 atom stereocenters. The molecule has 2 unspecified atom stereocenters. The van der Waals surface area contributed by atoms with Gasteiger partial charge in [0.05, 0.1) is 13.7 Å². The average molecular weight is 432 g/mol. The molecule has 1 saturated heterocycles. The number of phenolic OH excluding ortho intramolecular Hbond substituents is 2. The van der Waals surface area contributed by atoms with Gasteiger partial charge in [0.25, 0.3) is 0 Å². The summed E-state index contributed by atoms with van der Waals surface area (Å²) in [6.07, 6.45) is -6.03. The summed E-state index contributed by atoms with van der Waals surface area (Å²) in [5.74, 6) is -0.762. The SMILES string of the molecule is COc1ccc(-c2oc3cc(O)cc(O)c3c(=O)c2O[C@@H]2OC[C@H](O)C(O)C2O)cc1. The van der Waals surface area contributed by atoms with Gasteiger partial charge in [-0.2, -0.15) is 0 Å². The highest BCUT2D eigenvalue weighted by Crippen LogP contribution is 2.37. The first-order chi connectivity index (χ1) is 14.8. The number of aromatic hydroxyl groups is 2. The number of benzene rings is 2. The molecule has 4 rings (SSSR count). The number of fused-ring (bicyclic) bond motifs is 1. The van der Waals surface area contributed by atoms with Crippen LogP contribution >= 0.6 is 0 Å². The van der Waals surface area contributed by atoms with Crippen molar-refractivity contribution in [2.45, 2.75) is 24.6 Å². The Balaban J connectivity index is 1.88. The lowest BCUT2D eigenvalue weighted by Gasteiger charge is -2.34. The number of ether oxygens (including phenoxy) is 3. The Morgan fingerprint density at radius 1 is 1.03 bits per heavy atom. The second-order valence-electron chi connectivity index (χ2n) is 7.02. The van der Waals surface area contributed by atoms with Gasteiger partial charge in [0, 0.05) is 17.7 Å². The highest BCUT2D eigenvalue weighted by Gasteiger charge is 2.40. The predicted octanol–water partition coefficient (Wildman–Crippen LogP) is 0.698. The van der Waals surface area contributed by atoms with E-state index in [9.17, 15) is 30.3 Å². The van der Waals surface area contributed by atoms with Crippen molar-refractivity contribution in [2.24, 2.45) is 0 Å². The number of methoxy groups -OCH3 is 1. The smallest absolute Gasteiger partial charge is 0.239 e. The molecule has 0 bridgehead atoms. The Morgan fingerprint density at radius 2 is 1.74 bits per heavy atom. The van der Waals surface area contributed by atoms with E-state index in [4.69, 9.17) is 18.6 Å². The predicted molar refractivity (Wildman–Crippen MR) is 106 cm³/mol. The zero-order chi connectivity index (χ0) is 22.3. The lowest BCUT2D eigenvalue weighted by molar-refractivity contribution is -0.242. The van der Waals surface area contributed by atoms with Crippen LogP contribution in [0, 0.1) is 0 Å². The van der Waals surface area contributed by atoms with Crippen molar-refractivity contribution < 1.29 is 44.2 Å². The van der Waals surface area contributed by atoms with Crippen LogP contribution in [0.3, 0.4) is 0 Å². The number of phenols is 2. The molecular formula is C21H20O10. The molecule has 0 spiro atoms. The molecular weight excluding hydrogens is 412 g/mol. The molecule has 164 valence electrons. The van der Waals surface area contributed by atoms with Crippen molar-refractivity contribution in [1.29, 1.82) is 0 Å². The van der Waals surface area contributed by atoms with Crippen LogP contribution in [-0.2, 0) is 4.74 Å². The molecule has 3 aromatic rings. The zero-order valence-corrected chi connectivity index (χ0v) is 16.3. The Kier molecular flexibility index (Phi) is 5.46. The van der Waals surface area contributed by atoms with Crippen LogP contribution in [0.2, 0.25) is 0 Å². The third-order valence-corrected chi connectivity index (χ3v) is 4.96. The summed E-state index contributed by atoms with van der Waals surface area (Å²) >= 11 is 0. The normalized spacial score (nSPS) is 23.6. The Bertz CT molecular complexity index is 1150. The topological polar surface area (TPSA) is 159 Å². The second kappa shape index (κ2) is 8.08. The van der Waals surface area contributed by atoms with E-state index in [0.717, 1.165) is 6.07 Å². The van der Waals surface area contributed by atoms with Gasteiger partial charge in [-0.3, -0.25) is 4.79 Å². The third kappa shape index (κ3) is 3.77. The summed E-state index contributed by atoms with van der Waals surface area (Å²) in [6.45, 7) is -0.335. The fourth-order valence-corrected chi connectivity index (χ4v) is 3.31. The maximum Gasteiger partial charge on any atom is 0.239 e. The molecule has 2 heterocycles. The summed E-state index contributed by atoms with van der Waals surface area (Å²) in [6, 6.07) is 8.57. The molecule has 10 nitrogen and oxygen atoms in total. The van der Waals surface area contributed by atoms with Crippen LogP contribution in [-0.4, -0.2) is 63.9 Å². The fraction of sp³-hybridized carbons (Fsp3) is 0.286. The van der Waals surface area contributed by atoms with Crippen LogP contribution in [0.4, 0.5) is 0 Å². The first kappa shape index (κ1) is 20.9. The summed E-state index contributed by atoms with van der Waals surface area (Å²) in [5, 5.41) is 49.4. The van der Waals surface area contributed by atoms with E-state index in [2.05, 4.69) is 0 Å². The van der Waals surface area contributed by atoms with E-state index in [1.54, 1.807) is 24.3 Å². The van der Waals surface area contributed by atoms with E-state index in [1.165, 1.54) is 13.2 Å². The highest BCUT2D eigenvalue weighted by atomic mass is 16.7. The minimum atomic E-state index is -1.66. The maximum absolute atomic E-state index is 13.2. The Morgan fingerprint density at radius 3 is 2.42 bits per heavy atom. The van der Waals surface area contributed by atoms with Crippen molar-refractivity contribution in [2.75, 3.05) is 13.7 Å². The molecule has 1 aliphatic heterocycles. The monoisotopic (exact) mass is 432 g/mol. The van der Waals surface area contributed by atoms with Crippen molar-refractivity contribution in [3.8, 4) is 34.3 Å². The second-order valence-corrected chi connectivity index (χ2v) is 7.02. The molecule has 0 radical (unpaired) electrons. The number of aliphatic hydroxyl groups excluding tert-OH is 3. The number of hydrogen-bond donors (Lipinski definition) is 5. The van der Waals surface area contributed by atoms with Gasteiger partial charge in [0.15, 0.2) is 5.76 Å². The van der Waals surface area contributed by atoms with Gasteiger partial charge in [0.2, 0.25) is 17.5 Å². The molecule has 10 heteroatoms. The van der Waals surface area contributed by atoms with Crippen LogP contribution < -0.4 is 14.9 Å². The van der Waals surface area contributed by atoms with Gasteiger partial charge < -0.3 is 44.2 Å². The van der Waals surface area contributed by atoms with E-state index in [1.807, 2.05) is 0 Å². The number of hydrogen-bond acceptors (Lipinski definition) is 10. The first-order valence-electron chi connectivity index (χ1n) is 9.30. The molecule has 5 N–H and O–H groups in total. The fourth-order valence-electron chi connectivity index (χ4n) is 3.31. The largest absolute Gasteiger partial charge is 0.508 e. The summed E-state index contributed by atoms with van der Waals surface area (Å²) < 4.78 is 21.7. The summed E-state index contributed by atoms with van der Waals surface area (Å²) in [5.41, 5.74) is -0.495. The molecule has 2 aromatic carbocycles. The third-order valence-electron chi connectivity index (χ3n) is 4.96. The van der Waals surface area contributed by atoms with Gasteiger partial charge >= 0.3 is 0 Å². The molecule has 0 amide bonds. The maximum atomic E-state index is 13.2. The van der Waals surface area contributed by atoms with Gasteiger partial charge in [-0.25, -0.2) is 0 Å². The van der Waals surface area contributed by atoms with E-state index in [-0.39, 0.29) is 29.1 Å². The van der Waals surface area contributed by atoms with Crippen molar-refractivity contribution in [3.63, 3.8) is 0 Å². The van der Waals surface area contributed by atoms with Crippen LogP contribution in [0.5, 0.6) is 23.0 Å². The lowest BCUT2D eigenvalue weighted by atomic mass is 10.1. The van der Waals surface area contributed by atoms with Crippen LogP contribution in [0.15, 0.2) is 45.6 Å². The molecule has 1 aromatic heterocycles. The molecule has 1 aliphatic rings. The number of aliphatic hydroxyl groups is 3. The molecule has 31 heavy (non-hydrogen) atoms. The average Bonchev–Trinajstić information content (AvgIpc) is 2.75. The van der Waals surface area contributed by atoms with E-state index < -0.39 is 41.5 Å². The van der Waals surface area contributed by atoms with E-state index >= 15 is 0 Å². The zero-order valence-electron chi connectivity index (χ0n) is 16.3. The molecule has 0 saturated carbocycles. The molecule has 1 fully saturated rings. The summed E-state index contributed by atoms with van der Waals surface area (Å²) in [7, 11) is 1.49. The number of rotatable bonds is 4. The highest BCUT2D eigenvalue weighted by molar-refractivity contribution is 5.88. The Hall–Kier alpha value is -3.31. The minimum Gasteiger partial charge on any atom is -0.508 e. The van der Waals surface area contributed by atoms with Gasteiger partial charge in [0.1, 0.15) is 46.5 Å². The van der Waals surface area contributed by atoms with Crippen LogP contribution in [0.25, 0.3) is 22.3 Å². The first-order valence-corrected chi connectivity index (χ1v) is 9.30. The standard InChI is InChI=1S/C21H20O10/c1-28-11-4-2-9(3-5-11)19-20(31-21-18(27)16(25)13(24)8-29-21)17(26)15-12(23)6-10(22)7-14(15)30-19/h2-7,13,16,18,21-25,27H,8H2,1H3/t13-,16?,18?,21-/m0/s1. The van der Waals surface area contributed by atoms with Gasteiger partial charge in [-0.1, -0.05) is 0 Å². The minimum absolute atomic E-state index is 0.0680. The van der Waals surface area contributed by atoms with Crippen LogP contribution in [0.1, 0.15) is 0 Å². The quantitative estimate of drug-likeness (QED) is 0.397. The summed E-state index contributed by atoms with van der Waals surface area (Å²) in [4.78, 5) is 13.2. The van der Waals surface area contributed by atoms with Crippen molar-refractivity contribution in [3.05, 3.63) is 46.6 Å². The van der Waals surface area contributed by atoms with Crippen molar-refractivity contribution >= 4 is 11.0 Å². The lowest BCUT2D eigenvalue weighted by Crippen LogP contribution is -2.55. The molecule has 0 aliphatic carbocycles. The van der Waals surface area contributed by atoms with Gasteiger partial charge in [-0.05, 0) is 24.3 Å². The van der Waals surface area contributed by atoms with Crippen molar-refractivity contribution in [1.82, 2.24) is 0 Å². The Labute approximate surface area is 175 Å². The van der Waals surface area contributed by atoms with Gasteiger partial charge in [-0.15, -0.1) is 0 Å².